The van der Waals surface area contributed by atoms with Gasteiger partial charge in [0, 0.05) is 58.0 Å². The maximum absolute atomic E-state index is 12.4. The molecule has 27 heavy (non-hydrogen) atoms. The topological polar surface area (TPSA) is 62.7 Å². The molecular weight excluding hydrogens is 342 g/mol. The van der Waals surface area contributed by atoms with Crippen LogP contribution in [0, 0.1) is 0 Å². The van der Waals surface area contributed by atoms with Crippen molar-refractivity contribution < 1.29 is 14.3 Å². The second-order valence-corrected chi connectivity index (χ2v) is 6.42. The fourth-order valence-corrected chi connectivity index (χ4v) is 2.78. The van der Waals surface area contributed by atoms with E-state index < -0.39 is 0 Å². The molecule has 2 aromatic rings. The van der Waals surface area contributed by atoms with Crippen molar-refractivity contribution in [2.45, 2.75) is 26.3 Å². The zero-order chi connectivity index (χ0) is 19.6. The van der Waals surface area contributed by atoms with Crippen LogP contribution < -0.4 is 4.74 Å². The van der Waals surface area contributed by atoms with E-state index in [2.05, 4.69) is 4.98 Å². The lowest BCUT2D eigenvalue weighted by Gasteiger charge is -2.24. The number of para-hydroxylation sites is 1. The van der Waals surface area contributed by atoms with Crippen LogP contribution in [-0.2, 0) is 22.6 Å². The Bertz CT molecular complexity index is 749. The number of carbonyl (C=O) groups excluding carboxylic acids is 2. The Morgan fingerprint density at radius 1 is 1.07 bits per heavy atom. The van der Waals surface area contributed by atoms with Gasteiger partial charge in [-0.3, -0.25) is 14.6 Å². The first-order chi connectivity index (χ1) is 13.0. The lowest BCUT2D eigenvalue weighted by atomic mass is 10.1. The number of hydrogen-bond acceptors (Lipinski definition) is 4. The maximum Gasteiger partial charge on any atom is 0.224 e. The van der Waals surface area contributed by atoms with Crippen LogP contribution in [0.15, 0.2) is 48.8 Å². The third kappa shape index (κ3) is 6.40. The Balaban J connectivity index is 1.87. The van der Waals surface area contributed by atoms with Gasteiger partial charge in [0.05, 0.1) is 7.11 Å². The summed E-state index contributed by atoms with van der Waals surface area (Å²) in [4.78, 5) is 31.8. The summed E-state index contributed by atoms with van der Waals surface area (Å²) in [5, 5.41) is 0. The molecule has 2 amide bonds. The number of carbonyl (C=O) groups is 2. The summed E-state index contributed by atoms with van der Waals surface area (Å²) in [6, 6.07) is 11.5. The smallest absolute Gasteiger partial charge is 0.224 e. The van der Waals surface area contributed by atoms with E-state index in [1.54, 1.807) is 36.4 Å². The molecular formula is C21H27N3O3. The maximum atomic E-state index is 12.4. The van der Waals surface area contributed by atoms with E-state index in [4.69, 9.17) is 4.74 Å². The second kappa shape index (κ2) is 10.3. The molecule has 144 valence electrons. The fraction of sp³-hybridized carbons (Fsp3) is 0.381. The summed E-state index contributed by atoms with van der Waals surface area (Å²) < 4.78 is 5.35. The van der Waals surface area contributed by atoms with E-state index in [1.807, 2.05) is 36.4 Å². The van der Waals surface area contributed by atoms with Gasteiger partial charge in [0.25, 0.3) is 0 Å². The molecule has 0 bridgehead atoms. The first kappa shape index (κ1) is 20.4. The highest BCUT2D eigenvalue weighted by molar-refractivity contribution is 5.78. The van der Waals surface area contributed by atoms with Gasteiger partial charge in [-0.1, -0.05) is 18.2 Å². The van der Waals surface area contributed by atoms with E-state index in [9.17, 15) is 9.59 Å². The van der Waals surface area contributed by atoms with Gasteiger partial charge in [0.2, 0.25) is 11.8 Å². The summed E-state index contributed by atoms with van der Waals surface area (Å²) in [6.45, 7) is 2.96. The van der Waals surface area contributed by atoms with Gasteiger partial charge >= 0.3 is 0 Å². The summed E-state index contributed by atoms with van der Waals surface area (Å²) in [5.74, 6) is 0.702. The van der Waals surface area contributed by atoms with E-state index in [1.165, 1.54) is 6.92 Å². The van der Waals surface area contributed by atoms with Crippen LogP contribution in [0.3, 0.4) is 0 Å². The Morgan fingerprint density at radius 2 is 1.78 bits per heavy atom. The van der Waals surface area contributed by atoms with Crippen LogP contribution in [0.4, 0.5) is 0 Å². The molecule has 0 aliphatic carbocycles. The highest BCUT2D eigenvalue weighted by atomic mass is 16.5. The van der Waals surface area contributed by atoms with E-state index in [-0.39, 0.29) is 11.8 Å². The van der Waals surface area contributed by atoms with Gasteiger partial charge in [-0.25, -0.2) is 0 Å². The predicted molar refractivity (Wildman–Crippen MR) is 104 cm³/mol. The molecule has 0 atom stereocenters. The van der Waals surface area contributed by atoms with E-state index >= 15 is 0 Å². The average molecular weight is 369 g/mol. The van der Waals surface area contributed by atoms with Crippen LogP contribution in [0.1, 0.15) is 24.5 Å². The number of rotatable bonds is 9. The van der Waals surface area contributed by atoms with Gasteiger partial charge in [0.15, 0.2) is 0 Å². The Kier molecular flexibility index (Phi) is 7.79. The van der Waals surface area contributed by atoms with Crippen molar-refractivity contribution in [3.05, 3.63) is 59.9 Å². The number of ether oxygens (including phenoxy) is 1. The molecule has 2 rings (SSSR count). The Labute approximate surface area is 160 Å². The summed E-state index contributed by atoms with van der Waals surface area (Å²) >= 11 is 0. The van der Waals surface area contributed by atoms with Crippen molar-refractivity contribution in [2.24, 2.45) is 0 Å². The molecule has 1 aromatic carbocycles. The van der Waals surface area contributed by atoms with Crippen molar-refractivity contribution in [1.29, 1.82) is 0 Å². The van der Waals surface area contributed by atoms with E-state index in [0.717, 1.165) is 23.3 Å². The van der Waals surface area contributed by atoms with Gasteiger partial charge in [-0.2, -0.15) is 0 Å². The van der Waals surface area contributed by atoms with Crippen LogP contribution in [0.25, 0.3) is 0 Å². The minimum absolute atomic E-state index is 0.0235. The third-order valence-corrected chi connectivity index (χ3v) is 4.51. The third-order valence-electron chi connectivity index (χ3n) is 4.51. The molecule has 0 N–H and O–H groups in total. The number of likely N-dealkylation sites (N-methyl/N-ethyl adjacent to an activating group) is 1. The first-order valence-corrected chi connectivity index (χ1v) is 9.01. The molecule has 6 nitrogen and oxygen atoms in total. The van der Waals surface area contributed by atoms with Gasteiger partial charge in [-0.15, -0.1) is 0 Å². The van der Waals surface area contributed by atoms with Crippen molar-refractivity contribution in [3.8, 4) is 5.75 Å². The number of aromatic nitrogens is 1. The first-order valence-electron chi connectivity index (χ1n) is 9.01. The lowest BCUT2D eigenvalue weighted by molar-refractivity contribution is -0.133. The van der Waals surface area contributed by atoms with Crippen LogP contribution in [-0.4, -0.2) is 53.8 Å². The van der Waals surface area contributed by atoms with Crippen LogP contribution >= 0.6 is 0 Å². The number of methoxy groups -OCH3 is 1. The Hall–Kier alpha value is -2.89. The van der Waals surface area contributed by atoms with Crippen molar-refractivity contribution in [3.63, 3.8) is 0 Å². The lowest BCUT2D eigenvalue weighted by Crippen LogP contribution is -2.35. The quantitative estimate of drug-likeness (QED) is 0.681. The molecule has 1 aromatic heterocycles. The molecule has 0 unspecified atom stereocenters. The van der Waals surface area contributed by atoms with Crippen molar-refractivity contribution in [2.75, 3.05) is 27.2 Å². The standard InChI is InChI=1S/C21H27N3O3/c1-17(25)24(16-19-6-4-5-7-20(19)27-3)15-11-21(26)23(2)14-10-18-8-12-22-13-9-18/h4-9,12-13H,10-11,14-16H2,1-3H3. The highest BCUT2D eigenvalue weighted by Crippen LogP contribution is 2.19. The molecule has 0 spiro atoms. The van der Waals surface area contributed by atoms with Crippen molar-refractivity contribution >= 4 is 11.8 Å². The molecule has 0 saturated carbocycles. The van der Waals surface area contributed by atoms with Gasteiger partial charge in [-0.05, 0) is 30.2 Å². The summed E-state index contributed by atoms with van der Waals surface area (Å²) in [7, 11) is 3.40. The molecule has 0 aliphatic rings. The molecule has 0 radical (unpaired) electrons. The molecule has 6 heteroatoms. The van der Waals surface area contributed by atoms with Gasteiger partial charge in [0.1, 0.15) is 5.75 Å². The molecule has 1 heterocycles. The SMILES string of the molecule is COc1ccccc1CN(CCC(=O)N(C)CCc1ccncc1)C(C)=O. The molecule has 0 fully saturated rings. The minimum atomic E-state index is -0.0619. The second-order valence-electron chi connectivity index (χ2n) is 6.42. The van der Waals surface area contributed by atoms with E-state index in [0.29, 0.717) is 26.1 Å². The monoisotopic (exact) mass is 369 g/mol. The number of hydrogen-bond donors (Lipinski definition) is 0. The normalized spacial score (nSPS) is 10.3. The summed E-state index contributed by atoms with van der Waals surface area (Å²) in [6.07, 6.45) is 4.57. The average Bonchev–Trinajstić information content (AvgIpc) is 2.69. The highest BCUT2D eigenvalue weighted by Gasteiger charge is 2.16. The van der Waals surface area contributed by atoms with Crippen LogP contribution in [0.5, 0.6) is 5.75 Å². The Morgan fingerprint density at radius 3 is 2.44 bits per heavy atom. The summed E-state index contributed by atoms with van der Waals surface area (Å²) in [5.41, 5.74) is 2.07. The number of pyridine rings is 1. The zero-order valence-electron chi connectivity index (χ0n) is 16.2. The molecule has 0 saturated heterocycles. The number of nitrogens with zero attached hydrogens (tertiary/aromatic N) is 3. The minimum Gasteiger partial charge on any atom is -0.496 e. The van der Waals surface area contributed by atoms with Gasteiger partial charge < -0.3 is 14.5 Å². The molecule has 0 aliphatic heterocycles. The van der Waals surface area contributed by atoms with Crippen LogP contribution in [0.2, 0.25) is 0 Å². The van der Waals surface area contributed by atoms with Crippen molar-refractivity contribution in [1.82, 2.24) is 14.8 Å². The number of amides is 2. The zero-order valence-corrected chi connectivity index (χ0v) is 16.2. The largest absolute Gasteiger partial charge is 0.496 e. The fourth-order valence-electron chi connectivity index (χ4n) is 2.78. The number of benzene rings is 1. The predicted octanol–water partition coefficient (Wildman–Crippen LogP) is 2.53.